The normalized spacial score (nSPS) is 11.2. The highest BCUT2D eigenvalue weighted by Crippen LogP contribution is 2.30. The number of aromatic nitrogens is 2. The van der Waals surface area contributed by atoms with Crippen LogP contribution in [0.4, 0.5) is 0 Å². The molecule has 3 aromatic rings. The summed E-state index contributed by atoms with van der Waals surface area (Å²) in [5.74, 6) is 0. The van der Waals surface area contributed by atoms with Crippen LogP contribution in [0, 0.1) is 6.92 Å². The van der Waals surface area contributed by atoms with E-state index in [9.17, 15) is 4.79 Å². The van der Waals surface area contributed by atoms with E-state index >= 15 is 0 Å². The standard InChI is InChI=1S/C15H13ClN2OS/c1-3-12-9(2)20-15-17-14(13(8-19)18(12)15)10-4-6-11(16)7-5-10/h4-8H,3H2,1-2H3. The molecule has 2 aromatic heterocycles. The Bertz CT molecular complexity index is 786. The Labute approximate surface area is 125 Å². The molecule has 0 aliphatic carbocycles. The van der Waals surface area contributed by atoms with E-state index in [-0.39, 0.29) is 0 Å². The predicted octanol–water partition coefficient (Wildman–Crippen LogP) is 4.40. The van der Waals surface area contributed by atoms with E-state index in [1.807, 2.05) is 28.7 Å². The van der Waals surface area contributed by atoms with Gasteiger partial charge in [0.1, 0.15) is 11.4 Å². The first-order valence-corrected chi connectivity index (χ1v) is 7.57. The average molecular weight is 305 g/mol. The summed E-state index contributed by atoms with van der Waals surface area (Å²) >= 11 is 7.52. The summed E-state index contributed by atoms with van der Waals surface area (Å²) in [4.78, 5) is 18.2. The van der Waals surface area contributed by atoms with Crippen LogP contribution < -0.4 is 0 Å². The Morgan fingerprint density at radius 3 is 2.65 bits per heavy atom. The third-order valence-corrected chi connectivity index (χ3v) is 4.62. The molecule has 102 valence electrons. The van der Waals surface area contributed by atoms with Gasteiger partial charge in [0, 0.05) is 21.2 Å². The van der Waals surface area contributed by atoms with Crippen molar-refractivity contribution in [2.45, 2.75) is 20.3 Å². The van der Waals surface area contributed by atoms with Gasteiger partial charge >= 0.3 is 0 Å². The summed E-state index contributed by atoms with van der Waals surface area (Å²) in [7, 11) is 0. The summed E-state index contributed by atoms with van der Waals surface area (Å²) in [6, 6.07) is 7.40. The molecule has 0 bridgehead atoms. The van der Waals surface area contributed by atoms with Gasteiger partial charge in [-0.15, -0.1) is 11.3 Å². The van der Waals surface area contributed by atoms with Crippen LogP contribution in [0.1, 0.15) is 28.0 Å². The predicted molar refractivity (Wildman–Crippen MR) is 83.0 cm³/mol. The van der Waals surface area contributed by atoms with Crippen LogP contribution in [0.15, 0.2) is 24.3 Å². The van der Waals surface area contributed by atoms with Gasteiger partial charge in [0.25, 0.3) is 0 Å². The lowest BCUT2D eigenvalue weighted by atomic mass is 10.1. The average Bonchev–Trinajstić information content (AvgIpc) is 2.93. The summed E-state index contributed by atoms with van der Waals surface area (Å²) in [6.07, 6.45) is 1.76. The fraction of sp³-hybridized carbons (Fsp3) is 0.200. The molecule has 0 saturated carbocycles. The number of halogens is 1. The van der Waals surface area contributed by atoms with Crippen LogP contribution in [0.2, 0.25) is 5.02 Å². The fourth-order valence-electron chi connectivity index (χ4n) is 2.43. The van der Waals surface area contributed by atoms with Crippen molar-refractivity contribution in [3.63, 3.8) is 0 Å². The van der Waals surface area contributed by atoms with Crippen molar-refractivity contribution < 1.29 is 4.79 Å². The number of carbonyl (C=O) groups excluding carboxylic acids is 1. The molecule has 0 amide bonds. The van der Waals surface area contributed by atoms with E-state index in [1.54, 1.807) is 11.3 Å². The number of rotatable bonds is 3. The minimum atomic E-state index is 0.614. The maximum Gasteiger partial charge on any atom is 0.195 e. The van der Waals surface area contributed by atoms with Crippen LogP contribution in [0.5, 0.6) is 0 Å². The number of thiazole rings is 1. The number of hydrogen-bond acceptors (Lipinski definition) is 3. The van der Waals surface area contributed by atoms with E-state index in [1.165, 1.54) is 4.88 Å². The van der Waals surface area contributed by atoms with Gasteiger partial charge in [-0.05, 0) is 25.5 Å². The van der Waals surface area contributed by atoms with Gasteiger partial charge in [-0.25, -0.2) is 4.98 Å². The second-order valence-corrected chi connectivity index (χ2v) is 6.16. The van der Waals surface area contributed by atoms with Crippen LogP contribution in [-0.4, -0.2) is 15.7 Å². The molecule has 5 heteroatoms. The number of fused-ring (bicyclic) bond motifs is 1. The number of imidazole rings is 1. The minimum absolute atomic E-state index is 0.614. The van der Waals surface area contributed by atoms with Gasteiger partial charge in [0.15, 0.2) is 11.2 Å². The Morgan fingerprint density at radius 1 is 1.35 bits per heavy atom. The van der Waals surface area contributed by atoms with E-state index < -0.39 is 0 Å². The molecule has 2 heterocycles. The summed E-state index contributed by atoms with van der Waals surface area (Å²) < 4.78 is 1.97. The lowest BCUT2D eigenvalue weighted by molar-refractivity contribution is 0.111. The molecule has 3 rings (SSSR count). The Morgan fingerprint density at radius 2 is 2.05 bits per heavy atom. The Kier molecular flexibility index (Phi) is 3.36. The quantitative estimate of drug-likeness (QED) is 0.672. The first kappa shape index (κ1) is 13.3. The van der Waals surface area contributed by atoms with Crippen LogP contribution in [-0.2, 0) is 6.42 Å². The molecule has 0 spiro atoms. The third kappa shape index (κ3) is 1.96. The monoisotopic (exact) mass is 304 g/mol. The zero-order chi connectivity index (χ0) is 14.3. The summed E-state index contributed by atoms with van der Waals surface area (Å²) in [5, 5.41) is 0.674. The summed E-state index contributed by atoms with van der Waals surface area (Å²) in [6.45, 7) is 4.15. The van der Waals surface area contributed by atoms with Crippen molar-refractivity contribution >= 4 is 34.2 Å². The molecule has 0 atom stereocenters. The molecule has 3 nitrogen and oxygen atoms in total. The maximum absolute atomic E-state index is 11.5. The number of aryl methyl sites for hydroxylation is 2. The van der Waals surface area contributed by atoms with Crippen molar-refractivity contribution in [2.75, 3.05) is 0 Å². The molecular formula is C15H13ClN2OS. The van der Waals surface area contributed by atoms with E-state index in [2.05, 4.69) is 18.8 Å². The van der Waals surface area contributed by atoms with Gasteiger partial charge < -0.3 is 0 Å². The highest BCUT2D eigenvalue weighted by molar-refractivity contribution is 7.17. The SMILES string of the molecule is CCc1c(C)sc2nc(-c3ccc(Cl)cc3)c(C=O)n12. The van der Waals surface area contributed by atoms with E-state index in [4.69, 9.17) is 11.6 Å². The van der Waals surface area contributed by atoms with Gasteiger partial charge in [-0.1, -0.05) is 30.7 Å². The van der Waals surface area contributed by atoms with Crippen molar-refractivity contribution in [1.29, 1.82) is 0 Å². The number of benzene rings is 1. The lowest BCUT2D eigenvalue weighted by Gasteiger charge is -2.01. The van der Waals surface area contributed by atoms with Crippen LogP contribution >= 0.6 is 22.9 Å². The topological polar surface area (TPSA) is 34.4 Å². The zero-order valence-electron chi connectivity index (χ0n) is 11.2. The molecule has 0 aliphatic rings. The van der Waals surface area contributed by atoms with Gasteiger partial charge in [0.2, 0.25) is 0 Å². The van der Waals surface area contributed by atoms with E-state index in [0.29, 0.717) is 10.7 Å². The van der Waals surface area contributed by atoms with Crippen LogP contribution in [0.25, 0.3) is 16.2 Å². The van der Waals surface area contributed by atoms with Crippen molar-refractivity contribution in [2.24, 2.45) is 0 Å². The van der Waals surface area contributed by atoms with E-state index in [0.717, 1.165) is 34.6 Å². The largest absolute Gasteiger partial charge is 0.296 e. The smallest absolute Gasteiger partial charge is 0.195 e. The van der Waals surface area contributed by atoms with Crippen molar-refractivity contribution in [3.05, 3.63) is 45.6 Å². The lowest BCUT2D eigenvalue weighted by Crippen LogP contribution is -1.97. The number of carbonyl (C=O) groups is 1. The van der Waals surface area contributed by atoms with Gasteiger partial charge in [0.05, 0.1) is 0 Å². The molecule has 0 aliphatic heterocycles. The molecule has 0 radical (unpaired) electrons. The minimum Gasteiger partial charge on any atom is -0.296 e. The van der Waals surface area contributed by atoms with Crippen molar-refractivity contribution in [1.82, 2.24) is 9.38 Å². The second-order valence-electron chi connectivity index (χ2n) is 4.55. The van der Waals surface area contributed by atoms with Crippen LogP contribution in [0.3, 0.4) is 0 Å². The molecular weight excluding hydrogens is 292 g/mol. The van der Waals surface area contributed by atoms with Gasteiger partial charge in [-0.2, -0.15) is 0 Å². The molecule has 0 fully saturated rings. The maximum atomic E-state index is 11.5. The molecule has 0 unspecified atom stereocenters. The third-order valence-electron chi connectivity index (χ3n) is 3.37. The molecule has 20 heavy (non-hydrogen) atoms. The number of aldehydes is 1. The Balaban J connectivity index is 2.29. The first-order chi connectivity index (χ1) is 9.65. The zero-order valence-corrected chi connectivity index (χ0v) is 12.8. The molecule has 0 saturated heterocycles. The summed E-state index contributed by atoms with van der Waals surface area (Å²) in [5.41, 5.74) is 3.40. The number of nitrogens with zero attached hydrogens (tertiary/aromatic N) is 2. The van der Waals surface area contributed by atoms with Crippen molar-refractivity contribution in [3.8, 4) is 11.3 Å². The highest BCUT2D eigenvalue weighted by Gasteiger charge is 2.18. The number of hydrogen-bond donors (Lipinski definition) is 0. The fourth-order valence-corrected chi connectivity index (χ4v) is 3.62. The Hall–Kier alpha value is -1.65. The highest BCUT2D eigenvalue weighted by atomic mass is 35.5. The molecule has 0 N–H and O–H groups in total. The first-order valence-electron chi connectivity index (χ1n) is 6.37. The second kappa shape index (κ2) is 5.04. The molecule has 1 aromatic carbocycles. The van der Waals surface area contributed by atoms with Gasteiger partial charge in [-0.3, -0.25) is 9.20 Å².